The quantitative estimate of drug-likeness (QED) is 0.573. The van der Waals surface area contributed by atoms with E-state index in [9.17, 15) is 21.9 Å². The Balaban J connectivity index is 2.32. The zero-order chi connectivity index (χ0) is 21.8. The highest BCUT2D eigenvalue weighted by Crippen LogP contribution is 2.40. The Hall–Kier alpha value is -2.48. The molecule has 30 heavy (non-hydrogen) atoms. The number of hydrogen-bond donors (Lipinski definition) is 1. The first-order valence-electron chi connectivity index (χ1n) is 9.54. The van der Waals surface area contributed by atoms with Crippen molar-refractivity contribution in [2.24, 2.45) is 5.92 Å². The van der Waals surface area contributed by atoms with E-state index in [4.69, 9.17) is 0 Å². The smallest absolute Gasteiger partial charge is 0.196 e. The molecule has 0 saturated carbocycles. The van der Waals surface area contributed by atoms with Crippen molar-refractivity contribution in [3.05, 3.63) is 96.6 Å². The summed E-state index contributed by atoms with van der Waals surface area (Å²) in [7, 11) is -8.62. The molecule has 3 aromatic carbocycles. The minimum absolute atomic E-state index is 0.0689. The van der Waals surface area contributed by atoms with E-state index < -0.39 is 36.1 Å². The molecule has 0 radical (unpaired) electrons. The van der Waals surface area contributed by atoms with Gasteiger partial charge in [-0.25, -0.2) is 16.8 Å². The summed E-state index contributed by atoms with van der Waals surface area (Å²) in [5.41, 5.74) is 0.545. The van der Waals surface area contributed by atoms with Crippen LogP contribution in [0, 0.1) is 5.92 Å². The maximum Gasteiger partial charge on any atom is 0.196 e. The van der Waals surface area contributed by atoms with Gasteiger partial charge in [0.25, 0.3) is 0 Å². The fraction of sp³-hybridized carbons (Fsp3) is 0.217. The second-order valence-corrected chi connectivity index (χ2v) is 11.6. The third-order valence-corrected chi connectivity index (χ3v) is 10.3. The second-order valence-electron chi connectivity index (χ2n) is 7.18. The van der Waals surface area contributed by atoms with Crippen LogP contribution in [0.1, 0.15) is 18.4 Å². The fourth-order valence-electron chi connectivity index (χ4n) is 3.58. The minimum Gasteiger partial charge on any atom is -0.396 e. The van der Waals surface area contributed by atoms with Crippen molar-refractivity contribution in [3.63, 3.8) is 0 Å². The average molecular weight is 445 g/mol. The number of aliphatic hydroxyl groups excluding tert-OH is 1. The van der Waals surface area contributed by atoms with E-state index in [-0.39, 0.29) is 16.4 Å². The molecule has 5 nitrogen and oxygen atoms in total. The van der Waals surface area contributed by atoms with Gasteiger partial charge in [0, 0.05) is 12.5 Å². The molecule has 0 aromatic heterocycles. The molecule has 0 aliphatic carbocycles. The lowest BCUT2D eigenvalue weighted by Crippen LogP contribution is -2.40. The molecule has 0 bridgehead atoms. The lowest BCUT2D eigenvalue weighted by Gasteiger charge is -2.31. The topological polar surface area (TPSA) is 88.5 Å². The highest BCUT2D eigenvalue weighted by atomic mass is 32.3. The fourth-order valence-corrected chi connectivity index (χ4v) is 8.82. The van der Waals surface area contributed by atoms with Crippen LogP contribution in [0.4, 0.5) is 0 Å². The van der Waals surface area contributed by atoms with Crippen molar-refractivity contribution in [1.82, 2.24) is 0 Å². The molecule has 0 unspecified atom stereocenters. The SMILES string of the molecule is C[C@H](CO)[C@H](c1ccccc1)C(S(=O)(=O)c1ccccc1)S(=O)(=O)c1ccccc1. The Kier molecular flexibility index (Phi) is 6.75. The van der Waals surface area contributed by atoms with E-state index in [2.05, 4.69) is 0 Å². The van der Waals surface area contributed by atoms with Crippen molar-refractivity contribution >= 4 is 19.7 Å². The highest BCUT2D eigenvalue weighted by molar-refractivity contribution is 8.09. The molecule has 0 aliphatic heterocycles. The van der Waals surface area contributed by atoms with Gasteiger partial charge in [0.2, 0.25) is 0 Å². The van der Waals surface area contributed by atoms with Crippen molar-refractivity contribution in [3.8, 4) is 0 Å². The van der Waals surface area contributed by atoms with Crippen LogP contribution in [0.5, 0.6) is 0 Å². The lowest BCUT2D eigenvalue weighted by molar-refractivity contribution is 0.218. The number of benzene rings is 3. The molecular weight excluding hydrogens is 420 g/mol. The van der Waals surface area contributed by atoms with Crippen molar-refractivity contribution < 1.29 is 21.9 Å². The van der Waals surface area contributed by atoms with Crippen molar-refractivity contribution in [2.45, 2.75) is 27.2 Å². The average Bonchev–Trinajstić information content (AvgIpc) is 2.78. The summed E-state index contributed by atoms with van der Waals surface area (Å²) in [4.78, 5) is -0.138. The Morgan fingerprint density at radius 3 is 1.40 bits per heavy atom. The molecule has 0 fully saturated rings. The molecule has 2 atom stereocenters. The molecule has 0 saturated heterocycles. The maximum absolute atomic E-state index is 13.7. The summed E-state index contributed by atoms with van der Waals surface area (Å²) in [6.07, 6.45) is 0. The molecule has 1 N–H and O–H groups in total. The summed E-state index contributed by atoms with van der Waals surface area (Å²) in [5, 5.41) is 9.90. The van der Waals surface area contributed by atoms with E-state index in [1.807, 2.05) is 0 Å². The van der Waals surface area contributed by atoms with Crippen molar-refractivity contribution in [2.75, 3.05) is 6.61 Å². The van der Waals surface area contributed by atoms with E-state index in [1.165, 1.54) is 24.3 Å². The normalized spacial score (nSPS) is 14.4. The third-order valence-electron chi connectivity index (χ3n) is 5.13. The van der Waals surface area contributed by atoms with Crippen LogP contribution < -0.4 is 0 Å². The van der Waals surface area contributed by atoms with Gasteiger partial charge < -0.3 is 5.11 Å². The third kappa shape index (κ3) is 4.33. The second kappa shape index (κ2) is 9.12. The standard InChI is InChI=1S/C23H24O5S2/c1-18(17-24)22(19-11-5-2-6-12-19)23(29(25,26)20-13-7-3-8-14-20)30(27,28)21-15-9-4-10-16-21/h2-16,18,22-24H,17H2,1H3/t18-,22-/m1/s1. The molecule has 3 aromatic rings. The van der Waals surface area contributed by atoms with Gasteiger partial charge in [-0.2, -0.15) is 0 Å². The number of rotatable bonds is 8. The highest BCUT2D eigenvalue weighted by Gasteiger charge is 2.47. The first kappa shape index (κ1) is 22.2. The number of aliphatic hydroxyl groups is 1. The van der Waals surface area contributed by atoms with Crippen LogP contribution in [0.15, 0.2) is 101 Å². The van der Waals surface area contributed by atoms with Crippen molar-refractivity contribution in [1.29, 1.82) is 0 Å². The molecule has 3 rings (SSSR count). The Morgan fingerprint density at radius 2 is 1.03 bits per heavy atom. The van der Waals surface area contributed by atoms with E-state index in [1.54, 1.807) is 73.7 Å². The van der Waals surface area contributed by atoms with Gasteiger partial charge in [-0.1, -0.05) is 73.7 Å². The minimum atomic E-state index is -4.31. The molecule has 0 amide bonds. The van der Waals surface area contributed by atoms with Crippen LogP contribution in [0.2, 0.25) is 0 Å². The molecule has 0 spiro atoms. The van der Waals surface area contributed by atoms with Crippen LogP contribution in [0.3, 0.4) is 0 Å². The van der Waals surface area contributed by atoms with Crippen LogP contribution in [0.25, 0.3) is 0 Å². The van der Waals surface area contributed by atoms with Crippen LogP contribution in [-0.4, -0.2) is 33.1 Å². The van der Waals surface area contributed by atoms with Gasteiger partial charge in [-0.3, -0.25) is 0 Å². The summed E-state index contributed by atoms with van der Waals surface area (Å²) >= 11 is 0. The predicted octanol–water partition coefficient (Wildman–Crippen LogP) is 3.67. The van der Waals surface area contributed by atoms with Crippen LogP contribution in [-0.2, 0) is 19.7 Å². The largest absolute Gasteiger partial charge is 0.396 e. The van der Waals surface area contributed by atoms with Gasteiger partial charge in [-0.15, -0.1) is 0 Å². The van der Waals surface area contributed by atoms with E-state index in [0.717, 1.165) is 0 Å². The molecular formula is C23H24O5S2. The monoisotopic (exact) mass is 444 g/mol. The van der Waals surface area contributed by atoms with E-state index >= 15 is 0 Å². The molecule has 0 heterocycles. The molecule has 158 valence electrons. The van der Waals surface area contributed by atoms with Gasteiger partial charge in [0.05, 0.1) is 9.79 Å². The predicted molar refractivity (Wildman–Crippen MR) is 116 cm³/mol. The lowest BCUT2D eigenvalue weighted by atomic mass is 9.89. The van der Waals surface area contributed by atoms with Gasteiger partial charge in [0.15, 0.2) is 24.3 Å². The zero-order valence-electron chi connectivity index (χ0n) is 16.5. The Morgan fingerprint density at radius 1 is 0.667 bits per heavy atom. The first-order valence-corrected chi connectivity index (χ1v) is 12.6. The molecule has 7 heteroatoms. The Bertz CT molecular complexity index is 1090. The summed E-state index contributed by atoms with van der Waals surface area (Å²) in [6, 6.07) is 23.8. The molecule has 0 aliphatic rings. The number of sulfone groups is 2. The van der Waals surface area contributed by atoms with Gasteiger partial charge in [-0.05, 0) is 35.7 Å². The summed E-state index contributed by atoms with van der Waals surface area (Å²) in [5.74, 6) is -1.58. The zero-order valence-corrected chi connectivity index (χ0v) is 18.1. The summed E-state index contributed by atoms with van der Waals surface area (Å²) in [6.45, 7) is 1.30. The first-order chi connectivity index (χ1) is 14.3. The summed E-state index contributed by atoms with van der Waals surface area (Å²) < 4.78 is 53.1. The van der Waals surface area contributed by atoms with Gasteiger partial charge >= 0.3 is 0 Å². The van der Waals surface area contributed by atoms with Crippen LogP contribution >= 0.6 is 0 Å². The number of hydrogen-bond acceptors (Lipinski definition) is 5. The van der Waals surface area contributed by atoms with Gasteiger partial charge in [0.1, 0.15) is 0 Å². The maximum atomic E-state index is 13.7. The Labute approximate surface area is 177 Å². The van der Waals surface area contributed by atoms with E-state index in [0.29, 0.717) is 5.56 Å².